The predicted octanol–water partition coefficient (Wildman–Crippen LogP) is 3.47. The minimum Gasteiger partial charge on any atom is -0.399 e. The van der Waals surface area contributed by atoms with E-state index in [1.165, 1.54) is 43.5 Å². The second-order valence-corrected chi connectivity index (χ2v) is 9.40. The van der Waals surface area contributed by atoms with Gasteiger partial charge in [0.25, 0.3) is 5.91 Å². The third-order valence-electron chi connectivity index (χ3n) is 5.15. The summed E-state index contributed by atoms with van der Waals surface area (Å²) in [6, 6.07) is 7.38. The number of rotatable bonds is 7. The van der Waals surface area contributed by atoms with E-state index in [1.807, 2.05) is 30.5 Å². The van der Waals surface area contributed by atoms with Crippen LogP contribution in [0.1, 0.15) is 61.7 Å². The fraction of sp³-hybridized carbons (Fsp3) is 0.522. The first kappa shape index (κ1) is 24.1. The maximum absolute atomic E-state index is 12.1. The molecule has 0 saturated heterocycles. The van der Waals surface area contributed by atoms with Gasteiger partial charge in [-0.1, -0.05) is 44.4 Å². The second-order valence-electron chi connectivity index (χ2n) is 8.02. The van der Waals surface area contributed by atoms with Gasteiger partial charge in [-0.2, -0.15) is 0 Å². The molecule has 3 rings (SSSR count). The maximum Gasteiger partial charge on any atom is 0.251 e. The molecule has 0 heterocycles. The molecule has 5 N–H and O–H groups in total. The number of hydrazine groups is 1. The number of carbonyl (C=O) groups excluding carboxylic acids is 1. The lowest BCUT2D eigenvalue weighted by atomic mass is 10.0. The van der Waals surface area contributed by atoms with Crippen molar-refractivity contribution in [2.24, 2.45) is 11.6 Å². The lowest BCUT2D eigenvalue weighted by Crippen LogP contribution is -2.39. The van der Waals surface area contributed by atoms with Crippen LogP contribution in [-0.4, -0.2) is 41.4 Å². The summed E-state index contributed by atoms with van der Waals surface area (Å²) in [6.07, 6.45) is 17.8. The lowest BCUT2D eigenvalue weighted by Gasteiger charge is -2.21. The van der Waals surface area contributed by atoms with Crippen molar-refractivity contribution in [1.29, 1.82) is 0 Å². The Morgan fingerprint density at radius 3 is 2.13 bits per heavy atom. The van der Waals surface area contributed by atoms with Gasteiger partial charge in [0.05, 0.1) is 6.54 Å². The number of carbonyl (C=O) groups is 1. The van der Waals surface area contributed by atoms with Crippen molar-refractivity contribution in [1.82, 2.24) is 14.6 Å². The zero-order valence-corrected chi connectivity index (χ0v) is 19.0. The first-order valence-electron chi connectivity index (χ1n) is 10.6. The van der Waals surface area contributed by atoms with E-state index in [0.29, 0.717) is 11.3 Å². The predicted molar refractivity (Wildman–Crippen MR) is 125 cm³/mol. The van der Waals surface area contributed by atoms with Crippen molar-refractivity contribution >= 4 is 17.9 Å². The van der Waals surface area contributed by atoms with Gasteiger partial charge in [0.15, 0.2) is 0 Å². The molecule has 30 heavy (non-hydrogen) atoms. The van der Waals surface area contributed by atoms with Crippen LogP contribution in [0.3, 0.4) is 0 Å². The van der Waals surface area contributed by atoms with E-state index in [-0.39, 0.29) is 12.5 Å². The van der Waals surface area contributed by atoms with Gasteiger partial charge in [0.2, 0.25) is 0 Å². The molecule has 7 heteroatoms. The molecule has 0 aromatic heterocycles. The Bertz CT molecular complexity index is 734. The third kappa shape index (κ3) is 7.94. The van der Waals surface area contributed by atoms with Gasteiger partial charge >= 0.3 is 0 Å². The second kappa shape index (κ2) is 11.9. The Balaban J connectivity index is 0.000000456. The smallest absolute Gasteiger partial charge is 0.251 e. The Labute approximate surface area is 185 Å². The summed E-state index contributed by atoms with van der Waals surface area (Å²) in [5, 5.41) is 4.23. The largest absolute Gasteiger partial charge is 0.399 e. The molecule has 0 aliphatic heterocycles. The molecule has 0 unspecified atom stereocenters. The van der Waals surface area contributed by atoms with E-state index in [9.17, 15) is 4.79 Å². The van der Waals surface area contributed by atoms with Crippen LogP contribution in [0.25, 0.3) is 0 Å². The average molecular weight is 430 g/mol. The van der Waals surface area contributed by atoms with Gasteiger partial charge in [-0.25, -0.2) is 5.84 Å². The number of hydrogen-bond acceptors (Lipinski definition) is 6. The molecule has 0 radical (unpaired) electrons. The van der Waals surface area contributed by atoms with Crippen molar-refractivity contribution in [3.05, 3.63) is 41.7 Å². The third-order valence-corrected chi connectivity index (χ3v) is 6.00. The highest BCUT2D eigenvalue weighted by atomic mass is 32.2. The fourth-order valence-corrected chi connectivity index (χ4v) is 3.85. The molecule has 0 bridgehead atoms. The van der Waals surface area contributed by atoms with Gasteiger partial charge in [-0.05, 0) is 63.2 Å². The first-order valence-corrected chi connectivity index (χ1v) is 11.4. The molecule has 164 valence electrons. The summed E-state index contributed by atoms with van der Waals surface area (Å²) in [5.74, 6) is 8.40. The summed E-state index contributed by atoms with van der Waals surface area (Å²) in [4.78, 5) is 13.2. The highest BCUT2D eigenvalue weighted by Crippen LogP contribution is 2.39. The van der Waals surface area contributed by atoms with E-state index < -0.39 is 5.54 Å². The van der Waals surface area contributed by atoms with Crippen LogP contribution in [0.5, 0.6) is 0 Å². The summed E-state index contributed by atoms with van der Waals surface area (Å²) in [6.45, 7) is 0.210. The topological polar surface area (TPSA) is 87.6 Å². The number of nitrogens with two attached hydrogens (primary N) is 2. The summed E-state index contributed by atoms with van der Waals surface area (Å²) in [7, 11) is 3.93. The molecular weight excluding hydrogens is 394 g/mol. The zero-order chi connectivity index (χ0) is 22.0. The standard InChI is InChI=1S/C17H23N5OS.C6H12/c1-4-17(9-10-17)22(19)12-14(18)11-20-16(23)13-5-7-15(8-6-13)24-21(2)3;1-2-4-6-5-3-1/h1,5-8,12H,9-11,18-19H2,2-3H3,(H,20,23);1-6H2/b14-12-;. The van der Waals surface area contributed by atoms with Gasteiger partial charge < -0.3 is 11.1 Å². The van der Waals surface area contributed by atoms with Gasteiger partial charge in [-0.15, -0.1) is 6.42 Å². The zero-order valence-electron chi connectivity index (χ0n) is 18.2. The Hall–Kier alpha value is -2.14. The van der Waals surface area contributed by atoms with E-state index >= 15 is 0 Å². The number of terminal acetylenes is 1. The van der Waals surface area contributed by atoms with E-state index in [1.54, 1.807) is 30.3 Å². The minimum absolute atomic E-state index is 0.186. The molecule has 2 fully saturated rings. The van der Waals surface area contributed by atoms with Crippen molar-refractivity contribution in [2.45, 2.75) is 61.8 Å². The van der Waals surface area contributed by atoms with E-state index in [2.05, 4.69) is 11.2 Å². The average Bonchev–Trinajstić information content (AvgIpc) is 3.55. The normalized spacial score (nSPS) is 17.4. The van der Waals surface area contributed by atoms with Crippen molar-refractivity contribution < 1.29 is 4.79 Å². The van der Waals surface area contributed by atoms with Crippen molar-refractivity contribution in [3.8, 4) is 12.3 Å². The van der Waals surface area contributed by atoms with Crippen LogP contribution in [-0.2, 0) is 0 Å². The van der Waals surface area contributed by atoms with Crippen LogP contribution >= 0.6 is 11.9 Å². The van der Waals surface area contributed by atoms with Gasteiger partial charge in [-0.3, -0.25) is 14.1 Å². The highest BCUT2D eigenvalue weighted by molar-refractivity contribution is 7.97. The van der Waals surface area contributed by atoms with Crippen LogP contribution < -0.4 is 16.9 Å². The lowest BCUT2D eigenvalue weighted by molar-refractivity contribution is 0.0956. The molecule has 0 spiro atoms. The number of benzene rings is 1. The quantitative estimate of drug-likeness (QED) is 0.266. The highest BCUT2D eigenvalue weighted by Gasteiger charge is 2.44. The first-order chi connectivity index (χ1) is 14.4. The van der Waals surface area contributed by atoms with Crippen LogP contribution in [0, 0.1) is 12.3 Å². The molecule has 1 aromatic rings. The number of nitrogens with zero attached hydrogens (tertiary/aromatic N) is 2. The number of hydrogen-bond donors (Lipinski definition) is 3. The molecule has 1 aromatic carbocycles. The van der Waals surface area contributed by atoms with E-state index in [0.717, 1.165) is 17.7 Å². The van der Waals surface area contributed by atoms with Crippen LogP contribution in [0.15, 0.2) is 41.1 Å². The van der Waals surface area contributed by atoms with Gasteiger partial charge in [0, 0.05) is 22.4 Å². The molecule has 0 atom stereocenters. The van der Waals surface area contributed by atoms with Crippen LogP contribution in [0.4, 0.5) is 0 Å². The van der Waals surface area contributed by atoms with Gasteiger partial charge in [0.1, 0.15) is 5.54 Å². The summed E-state index contributed by atoms with van der Waals surface area (Å²) in [5.41, 5.74) is 6.53. The van der Waals surface area contributed by atoms with Crippen molar-refractivity contribution in [3.63, 3.8) is 0 Å². The Morgan fingerprint density at radius 2 is 1.70 bits per heavy atom. The molecule has 6 nitrogen and oxygen atoms in total. The summed E-state index contributed by atoms with van der Waals surface area (Å²) < 4.78 is 1.99. The fourth-order valence-electron chi connectivity index (χ4n) is 3.17. The van der Waals surface area contributed by atoms with E-state index in [4.69, 9.17) is 18.0 Å². The number of nitrogens with one attached hydrogen (secondary N) is 1. The summed E-state index contributed by atoms with van der Waals surface area (Å²) >= 11 is 1.59. The maximum atomic E-state index is 12.1. The Morgan fingerprint density at radius 1 is 1.17 bits per heavy atom. The molecule has 2 saturated carbocycles. The molecule has 2 aliphatic rings. The Kier molecular flexibility index (Phi) is 9.57. The molecule has 1 amide bonds. The SMILES string of the molecule is C#CC1(N(N)/C=C(\N)CNC(=O)c2ccc(SN(C)C)cc2)CC1.C1CCCCC1. The number of amides is 1. The minimum atomic E-state index is -0.408. The monoisotopic (exact) mass is 429 g/mol. The molecule has 2 aliphatic carbocycles. The van der Waals surface area contributed by atoms with Crippen LogP contribution in [0.2, 0.25) is 0 Å². The van der Waals surface area contributed by atoms with Crippen molar-refractivity contribution in [2.75, 3.05) is 20.6 Å². The molecular formula is C23H35N5OS.